The van der Waals surface area contributed by atoms with Crippen LogP contribution in [-0.2, 0) is 16.0 Å². The summed E-state index contributed by atoms with van der Waals surface area (Å²) in [5.74, 6) is -0.124. The predicted octanol–water partition coefficient (Wildman–Crippen LogP) is 0.359. The molecular weight excluding hydrogens is 230 g/mol. The monoisotopic (exact) mass is 247 g/mol. The molecule has 2 atom stereocenters. The molecule has 2 heterocycles. The van der Waals surface area contributed by atoms with Crippen molar-refractivity contribution in [1.29, 1.82) is 0 Å². The number of carbonyl (C=O) groups excluding carboxylic acids is 2. The van der Waals surface area contributed by atoms with Gasteiger partial charge >= 0.3 is 0 Å². The minimum absolute atomic E-state index is 0.0296. The van der Waals surface area contributed by atoms with E-state index in [-0.39, 0.29) is 11.8 Å². The van der Waals surface area contributed by atoms with Gasteiger partial charge in [-0.15, -0.1) is 0 Å². The molecular formula is C13H17N3O2. The summed E-state index contributed by atoms with van der Waals surface area (Å²) in [4.78, 5) is 29.5. The van der Waals surface area contributed by atoms with Gasteiger partial charge in [-0.05, 0) is 26.0 Å². The highest BCUT2D eigenvalue weighted by atomic mass is 16.2. The molecule has 96 valence electrons. The minimum Gasteiger partial charge on any atom is -0.343 e. The van der Waals surface area contributed by atoms with Crippen molar-refractivity contribution in [2.75, 3.05) is 6.54 Å². The lowest BCUT2D eigenvalue weighted by Crippen LogP contribution is -2.61. The zero-order chi connectivity index (χ0) is 13.1. The highest BCUT2D eigenvalue weighted by Crippen LogP contribution is 2.10. The van der Waals surface area contributed by atoms with Crippen molar-refractivity contribution in [2.45, 2.75) is 32.4 Å². The fraction of sp³-hybridized carbons (Fsp3) is 0.462. The molecule has 18 heavy (non-hydrogen) atoms. The Morgan fingerprint density at radius 1 is 1.33 bits per heavy atom. The van der Waals surface area contributed by atoms with E-state index in [4.69, 9.17) is 0 Å². The van der Waals surface area contributed by atoms with Crippen LogP contribution in [0.1, 0.15) is 19.5 Å². The quantitative estimate of drug-likeness (QED) is 0.839. The van der Waals surface area contributed by atoms with E-state index in [0.29, 0.717) is 13.0 Å². The van der Waals surface area contributed by atoms with Gasteiger partial charge in [0.25, 0.3) is 0 Å². The maximum Gasteiger partial charge on any atom is 0.245 e. The molecule has 0 aliphatic carbocycles. The predicted molar refractivity (Wildman–Crippen MR) is 66.7 cm³/mol. The molecule has 2 amide bonds. The zero-order valence-corrected chi connectivity index (χ0v) is 10.6. The lowest BCUT2D eigenvalue weighted by Gasteiger charge is -2.36. The van der Waals surface area contributed by atoms with Crippen LogP contribution in [0.3, 0.4) is 0 Å². The lowest BCUT2D eigenvalue weighted by molar-refractivity contribution is -0.148. The molecule has 1 aliphatic rings. The van der Waals surface area contributed by atoms with Crippen LogP contribution in [0, 0.1) is 0 Å². The topological polar surface area (TPSA) is 62.3 Å². The largest absolute Gasteiger partial charge is 0.343 e. The number of hydrogen-bond donors (Lipinski definition) is 1. The number of amides is 2. The van der Waals surface area contributed by atoms with Gasteiger partial charge in [0, 0.05) is 24.9 Å². The molecule has 2 unspecified atom stereocenters. The van der Waals surface area contributed by atoms with Crippen molar-refractivity contribution in [3.05, 3.63) is 30.1 Å². The first-order valence-electron chi connectivity index (χ1n) is 6.10. The molecule has 1 aromatic rings. The van der Waals surface area contributed by atoms with Crippen molar-refractivity contribution in [3.63, 3.8) is 0 Å². The van der Waals surface area contributed by atoms with E-state index in [1.807, 2.05) is 18.2 Å². The molecule has 0 aromatic carbocycles. The van der Waals surface area contributed by atoms with Gasteiger partial charge in [0.05, 0.1) is 0 Å². The summed E-state index contributed by atoms with van der Waals surface area (Å²) < 4.78 is 0. The zero-order valence-electron chi connectivity index (χ0n) is 10.6. The van der Waals surface area contributed by atoms with Crippen LogP contribution >= 0.6 is 0 Å². The molecule has 0 spiro atoms. The Hall–Kier alpha value is -1.91. The van der Waals surface area contributed by atoms with Crippen LogP contribution in [-0.4, -0.2) is 40.3 Å². The molecule has 5 heteroatoms. The number of nitrogens with one attached hydrogen (secondary N) is 1. The Morgan fingerprint density at radius 2 is 2.11 bits per heavy atom. The SMILES string of the molecule is CC1NC(=O)C(C)N(CCc2ccccn2)C1=O. The molecule has 1 fully saturated rings. The van der Waals surface area contributed by atoms with E-state index in [0.717, 1.165) is 5.69 Å². The van der Waals surface area contributed by atoms with Crippen LogP contribution < -0.4 is 5.32 Å². The Balaban J connectivity index is 2.02. The van der Waals surface area contributed by atoms with E-state index < -0.39 is 12.1 Å². The number of aromatic nitrogens is 1. The van der Waals surface area contributed by atoms with Crippen LogP contribution in [0.5, 0.6) is 0 Å². The normalized spacial score (nSPS) is 24.0. The first kappa shape index (κ1) is 12.5. The van der Waals surface area contributed by atoms with Gasteiger partial charge in [-0.2, -0.15) is 0 Å². The number of rotatable bonds is 3. The van der Waals surface area contributed by atoms with Gasteiger partial charge in [0.1, 0.15) is 12.1 Å². The third-order valence-electron chi connectivity index (χ3n) is 3.19. The number of piperazine rings is 1. The number of carbonyl (C=O) groups is 2. The summed E-state index contributed by atoms with van der Waals surface area (Å²) in [5.41, 5.74) is 0.927. The van der Waals surface area contributed by atoms with Crippen LogP contribution in [0.4, 0.5) is 0 Å². The van der Waals surface area contributed by atoms with E-state index in [2.05, 4.69) is 10.3 Å². The van der Waals surface area contributed by atoms with Crippen molar-refractivity contribution >= 4 is 11.8 Å². The van der Waals surface area contributed by atoms with Crippen molar-refractivity contribution in [2.24, 2.45) is 0 Å². The molecule has 2 rings (SSSR count). The Morgan fingerprint density at radius 3 is 2.78 bits per heavy atom. The van der Waals surface area contributed by atoms with Gasteiger partial charge < -0.3 is 10.2 Å². The molecule has 0 bridgehead atoms. The summed E-state index contributed by atoms with van der Waals surface area (Å²) in [5, 5.41) is 2.66. The van der Waals surface area contributed by atoms with E-state index >= 15 is 0 Å². The first-order valence-corrected chi connectivity index (χ1v) is 6.10. The van der Waals surface area contributed by atoms with Gasteiger partial charge in [-0.3, -0.25) is 14.6 Å². The lowest BCUT2D eigenvalue weighted by atomic mass is 10.1. The fourth-order valence-corrected chi connectivity index (χ4v) is 2.06. The van der Waals surface area contributed by atoms with E-state index in [1.54, 1.807) is 24.9 Å². The number of hydrogen-bond acceptors (Lipinski definition) is 3. The summed E-state index contributed by atoms with van der Waals surface area (Å²) in [6, 6.07) is 4.85. The minimum atomic E-state index is -0.433. The third-order valence-corrected chi connectivity index (χ3v) is 3.19. The maximum absolute atomic E-state index is 12.0. The summed E-state index contributed by atoms with van der Waals surface area (Å²) in [7, 11) is 0. The summed E-state index contributed by atoms with van der Waals surface area (Å²) >= 11 is 0. The summed E-state index contributed by atoms with van der Waals surface area (Å²) in [6.45, 7) is 3.98. The molecule has 0 radical (unpaired) electrons. The van der Waals surface area contributed by atoms with E-state index in [9.17, 15) is 9.59 Å². The standard InChI is InChI=1S/C13H17N3O2/c1-9-13(18)16(10(2)12(17)15-9)8-6-11-5-3-4-7-14-11/h3-5,7,9-10H,6,8H2,1-2H3,(H,15,17). The molecule has 0 saturated carbocycles. The first-order chi connectivity index (χ1) is 8.59. The average molecular weight is 247 g/mol. The van der Waals surface area contributed by atoms with Gasteiger partial charge in [0.2, 0.25) is 11.8 Å². The number of pyridine rings is 1. The van der Waals surface area contributed by atoms with E-state index in [1.165, 1.54) is 0 Å². The molecule has 1 aromatic heterocycles. The molecule has 1 saturated heterocycles. The fourth-order valence-electron chi connectivity index (χ4n) is 2.06. The Kier molecular flexibility index (Phi) is 3.60. The highest BCUT2D eigenvalue weighted by Gasteiger charge is 2.35. The third kappa shape index (κ3) is 2.50. The van der Waals surface area contributed by atoms with Crippen LogP contribution in [0.15, 0.2) is 24.4 Å². The smallest absolute Gasteiger partial charge is 0.245 e. The van der Waals surface area contributed by atoms with Gasteiger partial charge in [-0.25, -0.2) is 0 Å². The Bertz CT molecular complexity index is 447. The molecule has 1 N–H and O–H groups in total. The second kappa shape index (κ2) is 5.16. The average Bonchev–Trinajstić information content (AvgIpc) is 2.38. The summed E-state index contributed by atoms with van der Waals surface area (Å²) in [6.07, 6.45) is 2.39. The van der Waals surface area contributed by atoms with Crippen molar-refractivity contribution in [3.8, 4) is 0 Å². The Labute approximate surface area is 106 Å². The van der Waals surface area contributed by atoms with Crippen LogP contribution in [0.2, 0.25) is 0 Å². The second-order valence-corrected chi connectivity index (χ2v) is 4.51. The van der Waals surface area contributed by atoms with Crippen LogP contribution in [0.25, 0.3) is 0 Å². The molecule has 1 aliphatic heterocycles. The van der Waals surface area contributed by atoms with Gasteiger partial charge in [0.15, 0.2) is 0 Å². The second-order valence-electron chi connectivity index (χ2n) is 4.51. The number of nitrogens with zero attached hydrogens (tertiary/aromatic N) is 2. The maximum atomic E-state index is 12.0. The highest BCUT2D eigenvalue weighted by molar-refractivity contribution is 5.96. The van der Waals surface area contributed by atoms with Crippen molar-refractivity contribution in [1.82, 2.24) is 15.2 Å². The van der Waals surface area contributed by atoms with Gasteiger partial charge in [-0.1, -0.05) is 6.07 Å². The molecule has 5 nitrogen and oxygen atoms in total. The van der Waals surface area contributed by atoms with Crippen molar-refractivity contribution < 1.29 is 9.59 Å².